The first-order valence-corrected chi connectivity index (χ1v) is 5.13. The molecule has 0 unspecified atom stereocenters. The predicted octanol–water partition coefficient (Wildman–Crippen LogP) is 2.80. The van der Waals surface area contributed by atoms with Crippen molar-refractivity contribution in [2.24, 2.45) is 0 Å². The molecule has 0 heterocycles. The number of hydrogen-bond donors (Lipinski definition) is 2. The molecule has 0 aliphatic heterocycles. The van der Waals surface area contributed by atoms with E-state index >= 15 is 0 Å². The molecule has 1 rings (SSSR count). The van der Waals surface area contributed by atoms with Crippen LogP contribution in [0.2, 0.25) is 0 Å². The lowest BCUT2D eigenvalue weighted by atomic mass is 10.2. The van der Waals surface area contributed by atoms with Crippen LogP contribution >= 0.6 is 25.7 Å². The number of benzene rings is 1. The molecule has 2 N–H and O–H groups in total. The largest absolute Gasteiger partial charge is 0.360 e. The molecule has 84 valence electrons. The van der Waals surface area contributed by atoms with E-state index in [2.05, 4.69) is 43.5 Å². The molecule has 4 heteroatoms. The zero-order valence-electron chi connectivity index (χ0n) is 9.29. The van der Waals surface area contributed by atoms with E-state index in [1.54, 1.807) is 0 Å². The van der Waals surface area contributed by atoms with Crippen LogP contribution in [0, 0.1) is 6.92 Å². The molecule has 0 aliphatic carbocycles. The van der Waals surface area contributed by atoms with Gasteiger partial charge in [0.05, 0.1) is 0 Å². The lowest BCUT2D eigenvalue weighted by molar-refractivity contribution is 0.739. The van der Waals surface area contributed by atoms with Crippen molar-refractivity contribution in [2.75, 3.05) is 5.32 Å². The number of anilines is 1. The van der Waals surface area contributed by atoms with Crippen LogP contribution in [-0.2, 0) is 0 Å². The maximum atomic E-state index is 5.13. The topological polar surface area (TPSA) is 24.1 Å². The summed E-state index contributed by atoms with van der Waals surface area (Å²) in [6.07, 6.45) is 0. The average Bonchev–Trinajstić information content (AvgIpc) is 2.01. The van der Waals surface area contributed by atoms with E-state index in [-0.39, 0.29) is 13.5 Å². The van der Waals surface area contributed by atoms with E-state index in [1.165, 1.54) is 5.56 Å². The second-order valence-electron chi connectivity index (χ2n) is 3.62. The van der Waals surface area contributed by atoms with Gasteiger partial charge in [-0.2, -0.15) is 13.5 Å². The smallest absolute Gasteiger partial charge is 0.170 e. The highest BCUT2D eigenvalue weighted by molar-refractivity contribution is 7.80. The van der Waals surface area contributed by atoms with Gasteiger partial charge < -0.3 is 10.6 Å². The summed E-state index contributed by atoms with van der Waals surface area (Å²) in [6.45, 7) is 6.18. The standard InChI is InChI=1S/C11H16N2S.H2S/c1-8(2)12-11(14)13-10-6-4-5-9(3)7-10;/h4-8H,1-3H3,(H2,12,13,14);1H2. The van der Waals surface area contributed by atoms with E-state index in [1.807, 2.05) is 12.1 Å². The maximum absolute atomic E-state index is 5.13. The van der Waals surface area contributed by atoms with Crippen molar-refractivity contribution in [2.45, 2.75) is 26.8 Å². The Morgan fingerprint density at radius 2 is 2.00 bits per heavy atom. The summed E-state index contributed by atoms with van der Waals surface area (Å²) in [7, 11) is 0. The minimum absolute atomic E-state index is 0. The summed E-state index contributed by atoms with van der Waals surface area (Å²) in [6, 6.07) is 8.50. The van der Waals surface area contributed by atoms with Crippen LogP contribution in [0.3, 0.4) is 0 Å². The molecule has 2 nitrogen and oxygen atoms in total. The highest BCUT2D eigenvalue weighted by Gasteiger charge is 1.98. The fraction of sp³-hybridized carbons (Fsp3) is 0.364. The summed E-state index contributed by atoms with van der Waals surface area (Å²) < 4.78 is 0. The summed E-state index contributed by atoms with van der Waals surface area (Å²) in [5, 5.41) is 6.94. The molecule has 0 aromatic heterocycles. The summed E-state index contributed by atoms with van der Waals surface area (Å²) in [5.41, 5.74) is 2.26. The Morgan fingerprint density at radius 3 is 2.53 bits per heavy atom. The van der Waals surface area contributed by atoms with Gasteiger partial charge in [0, 0.05) is 11.7 Å². The van der Waals surface area contributed by atoms with Crippen molar-refractivity contribution in [1.29, 1.82) is 0 Å². The van der Waals surface area contributed by atoms with Crippen LogP contribution in [0.25, 0.3) is 0 Å². The predicted molar refractivity (Wildman–Crippen MR) is 76.1 cm³/mol. The quantitative estimate of drug-likeness (QED) is 0.780. The first kappa shape index (κ1) is 14.3. The van der Waals surface area contributed by atoms with Crippen LogP contribution < -0.4 is 10.6 Å². The Hall–Kier alpha value is -0.740. The first-order valence-electron chi connectivity index (χ1n) is 4.72. The molecule has 0 saturated heterocycles. The van der Waals surface area contributed by atoms with Gasteiger partial charge in [-0.15, -0.1) is 0 Å². The molecule has 0 spiro atoms. The van der Waals surface area contributed by atoms with Crippen molar-refractivity contribution < 1.29 is 0 Å². The van der Waals surface area contributed by atoms with Crippen LogP contribution in [-0.4, -0.2) is 11.2 Å². The number of thiocarbonyl (C=S) groups is 1. The normalized spacial score (nSPS) is 9.33. The third-order valence-corrected chi connectivity index (χ3v) is 1.92. The molecule has 0 aliphatic rings. The molecule has 0 radical (unpaired) electrons. The fourth-order valence-electron chi connectivity index (χ4n) is 1.15. The van der Waals surface area contributed by atoms with Crippen molar-refractivity contribution in [1.82, 2.24) is 5.32 Å². The Bertz CT molecular complexity index is 324. The van der Waals surface area contributed by atoms with E-state index in [0.717, 1.165) is 5.69 Å². The molecular weight excluding hydrogens is 224 g/mol. The van der Waals surface area contributed by atoms with Crippen LogP contribution in [0.15, 0.2) is 24.3 Å². The Balaban J connectivity index is 0.00000196. The van der Waals surface area contributed by atoms with Gasteiger partial charge in [0.1, 0.15) is 0 Å². The van der Waals surface area contributed by atoms with Crippen molar-refractivity contribution in [3.05, 3.63) is 29.8 Å². The molecule has 1 aromatic carbocycles. The first-order chi connectivity index (χ1) is 6.58. The highest BCUT2D eigenvalue weighted by atomic mass is 32.1. The second-order valence-corrected chi connectivity index (χ2v) is 4.03. The molecule has 15 heavy (non-hydrogen) atoms. The molecule has 0 amide bonds. The molecule has 1 aromatic rings. The van der Waals surface area contributed by atoms with E-state index in [9.17, 15) is 0 Å². The number of aryl methyl sites for hydroxylation is 1. The Morgan fingerprint density at radius 1 is 1.33 bits per heavy atom. The lowest BCUT2D eigenvalue weighted by Crippen LogP contribution is -2.33. The van der Waals surface area contributed by atoms with Crippen molar-refractivity contribution in [3.63, 3.8) is 0 Å². The van der Waals surface area contributed by atoms with Gasteiger partial charge >= 0.3 is 0 Å². The minimum atomic E-state index is 0. The van der Waals surface area contributed by atoms with Gasteiger partial charge in [-0.25, -0.2) is 0 Å². The summed E-state index contributed by atoms with van der Waals surface area (Å²) >= 11 is 5.13. The van der Waals surface area contributed by atoms with Crippen LogP contribution in [0.1, 0.15) is 19.4 Å². The fourth-order valence-corrected chi connectivity index (χ4v) is 1.51. The maximum Gasteiger partial charge on any atom is 0.170 e. The van der Waals surface area contributed by atoms with Gasteiger partial charge in [-0.1, -0.05) is 12.1 Å². The zero-order chi connectivity index (χ0) is 10.6. The minimum Gasteiger partial charge on any atom is -0.360 e. The third-order valence-electron chi connectivity index (χ3n) is 1.70. The number of nitrogens with one attached hydrogen (secondary N) is 2. The monoisotopic (exact) mass is 242 g/mol. The highest BCUT2D eigenvalue weighted by Crippen LogP contribution is 2.09. The third kappa shape index (κ3) is 5.64. The van der Waals surface area contributed by atoms with Gasteiger partial charge in [-0.05, 0) is 50.7 Å². The molecular formula is C11H18N2S2. The van der Waals surface area contributed by atoms with Crippen molar-refractivity contribution >= 4 is 36.5 Å². The second kappa shape index (κ2) is 6.69. The van der Waals surface area contributed by atoms with E-state index < -0.39 is 0 Å². The number of rotatable bonds is 2. The lowest BCUT2D eigenvalue weighted by Gasteiger charge is -2.13. The zero-order valence-corrected chi connectivity index (χ0v) is 11.1. The van der Waals surface area contributed by atoms with Crippen LogP contribution in [0.4, 0.5) is 5.69 Å². The SMILES string of the molecule is Cc1cccc(NC(=S)NC(C)C)c1.S. The summed E-state index contributed by atoms with van der Waals surface area (Å²) in [5.74, 6) is 0. The van der Waals surface area contributed by atoms with Gasteiger partial charge in [0.25, 0.3) is 0 Å². The molecule has 0 atom stereocenters. The van der Waals surface area contributed by atoms with Gasteiger partial charge in [-0.3, -0.25) is 0 Å². The van der Waals surface area contributed by atoms with E-state index in [4.69, 9.17) is 12.2 Å². The van der Waals surface area contributed by atoms with Gasteiger partial charge in [0.15, 0.2) is 5.11 Å². The Labute approximate surface area is 104 Å². The van der Waals surface area contributed by atoms with Gasteiger partial charge in [0.2, 0.25) is 0 Å². The summed E-state index contributed by atoms with van der Waals surface area (Å²) in [4.78, 5) is 0. The van der Waals surface area contributed by atoms with Crippen LogP contribution in [0.5, 0.6) is 0 Å². The number of hydrogen-bond acceptors (Lipinski definition) is 1. The Kier molecular flexibility index (Phi) is 6.36. The van der Waals surface area contributed by atoms with E-state index in [0.29, 0.717) is 11.2 Å². The molecule has 0 fully saturated rings. The molecule has 0 bridgehead atoms. The molecule has 0 saturated carbocycles. The average molecular weight is 242 g/mol. The van der Waals surface area contributed by atoms with Crippen molar-refractivity contribution in [3.8, 4) is 0 Å².